The third-order valence-corrected chi connectivity index (χ3v) is 2.94. The second kappa shape index (κ2) is 4.38. The number of aromatic nitrogens is 1. The predicted molar refractivity (Wildman–Crippen MR) is 51.6 cm³/mol. The summed E-state index contributed by atoms with van der Waals surface area (Å²) in [7, 11) is 1.76. The van der Waals surface area contributed by atoms with Crippen LogP contribution in [0.4, 0.5) is 8.78 Å². The molecule has 0 aliphatic rings. The molecule has 0 saturated heterocycles. The topological polar surface area (TPSA) is 76.2 Å². The number of alkyl halides is 2. The molecule has 1 aromatic rings. The highest BCUT2D eigenvalue weighted by molar-refractivity contribution is 8.13. The minimum Gasteiger partial charge on any atom is -0.482 e. The van der Waals surface area contributed by atoms with E-state index in [4.69, 9.17) is 10.7 Å². The zero-order valence-electron chi connectivity index (χ0n) is 7.83. The number of H-pyrrole nitrogens is 1. The number of pyridine rings is 1. The molecule has 0 aromatic carbocycles. The van der Waals surface area contributed by atoms with Gasteiger partial charge in [-0.3, -0.25) is 4.79 Å². The fraction of sp³-hybridized carbons (Fsp3) is 0.286. The van der Waals surface area contributed by atoms with Crippen molar-refractivity contribution >= 4 is 19.7 Å². The predicted octanol–water partition coefficient (Wildman–Crippen LogP) is 1.25. The number of hydrogen-bond donors (Lipinski definition) is 1. The Hall–Kier alpha value is -1.15. The number of nitrogens with one attached hydrogen (secondary N) is 1. The van der Waals surface area contributed by atoms with Crippen LogP contribution in [0.2, 0.25) is 0 Å². The van der Waals surface area contributed by atoms with Crippen molar-refractivity contribution in [3.05, 3.63) is 21.9 Å². The smallest absolute Gasteiger partial charge is 0.276 e. The van der Waals surface area contributed by atoms with Crippen LogP contribution >= 0.6 is 10.7 Å². The Bertz CT molecular complexity index is 554. The molecule has 1 heterocycles. The molecular weight excluding hydrogens is 268 g/mol. The minimum atomic E-state index is -4.21. The van der Waals surface area contributed by atoms with E-state index in [-0.39, 0.29) is 0 Å². The average Bonchev–Trinajstić information content (AvgIpc) is 2.14. The molecule has 9 heteroatoms. The number of ether oxygens (including phenoxy) is 1. The fourth-order valence-electron chi connectivity index (χ4n) is 1.02. The molecule has 1 aromatic heterocycles. The summed E-state index contributed by atoms with van der Waals surface area (Å²) in [5.74, 6) is -0.623. The Morgan fingerprint density at radius 3 is 2.44 bits per heavy atom. The van der Waals surface area contributed by atoms with E-state index in [2.05, 4.69) is 4.74 Å². The third kappa shape index (κ3) is 2.50. The van der Waals surface area contributed by atoms with Gasteiger partial charge in [-0.2, -0.15) is 0 Å². The van der Waals surface area contributed by atoms with E-state index < -0.39 is 37.4 Å². The van der Waals surface area contributed by atoms with Gasteiger partial charge in [0.1, 0.15) is 5.56 Å². The van der Waals surface area contributed by atoms with Crippen molar-refractivity contribution in [2.75, 3.05) is 7.11 Å². The maximum absolute atomic E-state index is 12.4. The van der Waals surface area contributed by atoms with Crippen molar-refractivity contribution < 1.29 is 21.9 Å². The van der Waals surface area contributed by atoms with Gasteiger partial charge in [0.15, 0.2) is 10.5 Å². The normalized spacial score (nSPS) is 11.8. The Balaban J connectivity index is 3.57. The van der Waals surface area contributed by atoms with Crippen LogP contribution in [-0.4, -0.2) is 20.5 Å². The van der Waals surface area contributed by atoms with Crippen LogP contribution in [0, 0.1) is 0 Å². The second-order valence-corrected chi connectivity index (χ2v) is 5.22. The first-order valence-electron chi connectivity index (χ1n) is 3.81. The lowest BCUT2D eigenvalue weighted by Gasteiger charge is -2.07. The van der Waals surface area contributed by atoms with Crippen LogP contribution in [0.3, 0.4) is 0 Å². The van der Waals surface area contributed by atoms with Gasteiger partial charge in [-0.15, -0.1) is 0 Å². The van der Waals surface area contributed by atoms with Crippen molar-refractivity contribution in [1.29, 1.82) is 0 Å². The van der Waals surface area contributed by atoms with Gasteiger partial charge in [0.2, 0.25) is 5.88 Å². The zero-order chi connectivity index (χ0) is 12.5. The van der Waals surface area contributed by atoms with Crippen LogP contribution < -0.4 is 10.2 Å². The van der Waals surface area contributed by atoms with Crippen LogP contribution in [0.15, 0.2) is 15.9 Å². The van der Waals surface area contributed by atoms with E-state index in [0.29, 0.717) is 6.07 Å². The Morgan fingerprint density at radius 1 is 1.50 bits per heavy atom. The second-order valence-electron chi connectivity index (χ2n) is 2.68. The molecule has 0 radical (unpaired) electrons. The molecule has 0 aliphatic heterocycles. The number of rotatable bonds is 3. The number of hydrogen-bond acceptors (Lipinski definition) is 4. The quantitative estimate of drug-likeness (QED) is 0.841. The molecule has 90 valence electrons. The van der Waals surface area contributed by atoms with Crippen LogP contribution in [-0.2, 0) is 9.05 Å². The molecule has 16 heavy (non-hydrogen) atoms. The highest BCUT2D eigenvalue weighted by Crippen LogP contribution is 2.25. The van der Waals surface area contributed by atoms with E-state index >= 15 is 0 Å². The molecule has 0 atom stereocenters. The lowest BCUT2D eigenvalue weighted by molar-refractivity contribution is 0.144. The van der Waals surface area contributed by atoms with Gasteiger partial charge in [0.25, 0.3) is 15.5 Å². The fourth-order valence-corrected chi connectivity index (χ4v) is 1.73. The largest absolute Gasteiger partial charge is 0.482 e. The summed E-state index contributed by atoms with van der Waals surface area (Å²) in [5.41, 5.74) is -2.10. The van der Waals surface area contributed by atoms with Gasteiger partial charge in [0.05, 0.1) is 7.11 Å². The highest BCUT2D eigenvalue weighted by atomic mass is 35.7. The maximum atomic E-state index is 12.4. The monoisotopic (exact) mass is 273 g/mol. The lowest BCUT2D eigenvalue weighted by atomic mass is 10.3. The molecule has 0 bridgehead atoms. The van der Waals surface area contributed by atoms with Gasteiger partial charge in [-0.05, 0) is 0 Å². The van der Waals surface area contributed by atoms with Crippen LogP contribution in [0.1, 0.15) is 12.0 Å². The summed E-state index contributed by atoms with van der Waals surface area (Å²) < 4.78 is 51.1. The number of methoxy groups -OCH3 is 1. The molecule has 5 nitrogen and oxygen atoms in total. The molecule has 0 unspecified atom stereocenters. The number of aromatic amines is 1. The summed E-state index contributed by atoms with van der Waals surface area (Å²) >= 11 is 0. The summed E-state index contributed by atoms with van der Waals surface area (Å²) in [4.78, 5) is 13.2. The Kier molecular flexibility index (Phi) is 3.54. The standard InChI is InChI=1S/C7H6ClF2NO4S/c1-15-7-5(6(9)10)3(12)2-4(11-7)16(8,13)14/h2,6H,1H3,(H,11,12). The van der Waals surface area contributed by atoms with Crippen molar-refractivity contribution in [3.8, 4) is 5.88 Å². The van der Waals surface area contributed by atoms with Crippen molar-refractivity contribution in [2.45, 2.75) is 11.5 Å². The first kappa shape index (κ1) is 12.9. The summed E-state index contributed by atoms with van der Waals surface area (Å²) in [5, 5.41) is -0.694. The Labute approximate surface area is 93.4 Å². The highest BCUT2D eigenvalue weighted by Gasteiger charge is 2.23. The van der Waals surface area contributed by atoms with E-state index in [1.807, 2.05) is 4.98 Å². The lowest BCUT2D eigenvalue weighted by Crippen LogP contribution is -2.14. The Morgan fingerprint density at radius 2 is 2.06 bits per heavy atom. The van der Waals surface area contributed by atoms with Crippen LogP contribution in [0.5, 0.6) is 5.88 Å². The molecular formula is C7H6ClF2NO4S. The molecule has 0 amide bonds. The van der Waals surface area contributed by atoms with Crippen LogP contribution in [0.25, 0.3) is 0 Å². The third-order valence-electron chi connectivity index (χ3n) is 1.69. The first-order valence-corrected chi connectivity index (χ1v) is 6.12. The van der Waals surface area contributed by atoms with Gasteiger partial charge < -0.3 is 9.72 Å². The molecule has 1 N–H and O–H groups in total. The molecule has 1 rings (SSSR count). The van der Waals surface area contributed by atoms with Gasteiger partial charge >= 0.3 is 0 Å². The summed E-state index contributed by atoms with van der Waals surface area (Å²) in [6.07, 6.45) is -3.08. The van der Waals surface area contributed by atoms with E-state index in [0.717, 1.165) is 7.11 Å². The number of halogens is 3. The minimum absolute atomic E-state index is 0.479. The van der Waals surface area contributed by atoms with Gasteiger partial charge in [-0.1, -0.05) is 0 Å². The van der Waals surface area contributed by atoms with E-state index in [1.54, 1.807) is 0 Å². The van der Waals surface area contributed by atoms with Crippen molar-refractivity contribution in [3.63, 3.8) is 0 Å². The zero-order valence-corrected chi connectivity index (χ0v) is 9.40. The molecule has 0 saturated carbocycles. The molecule has 0 aliphatic carbocycles. The van der Waals surface area contributed by atoms with Crippen molar-refractivity contribution in [1.82, 2.24) is 4.98 Å². The van der Waals surface area contributed by atoms with E-state index in [1.165, 1.54) is 0 Å². The van der Waals surface area contributed by atoms with Gasteiger partial charge in [0, 0.05) is 16.7 Å². The SMILES string of the molecule is COc1[nH]c(S(=O)(=O)Cl)cc(=O)c1C(F)F. The maximum Gasteiger partial charge on any atom is 0.276 e. The molecule has 0 fully saturated rings. The first-order chi connectivity index (χ1) is 7.27. The average molecular weight is 274 g/mol. The van der Waals surface area contributed by atoms with E-state index in [9.17, 15) is 22.0 Å². The van der Waals surface area contributed by atoms with Gasteiger partial charge in [-0.25, -0.2) is 17.2 Å². The molecule has 0 spiro atoms. The summed E-state index contributed by atoms with van der Waals surface area (Å²) in [6.45, 7) is 0. The summed E-state index contributed by atoms with van der Waals surface area (Å²) in [6, 6.07) is 0.479. The van der Waals surface area contributed by atoms with Crippen molar-refractivity contribution in [2.24, 2.45) is 0 Å².